The van der Waals surface area contributed by atoms with Gasteiger partial charge in [0.1, 0.15) is 0 Å². The highest BCUT2D eigenvalue weighted by Gasteiger charge is 1.91. The van der Waals surface area contributed by atoms with Gasteiger partial charge in [-0.1, -0.05) is 6.92 Å². The number of hydrogen-bond donors (Lipinski definition) is 0. The summed E-state index contributed by atoms with van der Waals surface area (Å²) in [6.45, 7) is 4.07. The van der Waals surface area contributed by atoms with E-state index in [1.54, 1.807) is 13.8 Å². The Morgan fingerprint density at radius 2 is 1.89 bits per heavy atom. The number of hydrogen-bond acceptors (Lipinski definition) is 4. The lowest BCUT2D eigenvalue weighted by molar-refractivity contribution is -0.142. The average Bonchev–Trinajstić information content (AvgIpc) is 1.93. The van der Waals surface area contributed by atoms with E-state index in [-0.39, 0.29) is 5.97 Å². The number of nitrogens with zero attached hydrogens (tertiary/aromatic N) is 2. The number of carbonyl (C=O) groups is 1. The van der Waals surface area contributed by atoms with Gasteiger partial charge < -0.3 is 4.74 Å². The lowest BCUT2D eigenvalue weighted by Gasteiger charge is -1.93. The van der Waals surface area contributed by atoms with Crippen LogP contribution in [0, 0.1) is 10.8 Å². The van der Waals surface area contributed by atoms with Crippen molar-refractivity contribution in [1.82, 2.24) is 0 Å². The molecule has 4 nitrogen and oxygen atoms in total. The Morgan fingerprint density at radius 3 is 2.00 bits per heavy atom. The van der Waals surface area contributed by atoms with E-state index in [2.05, 4.69) is 4.74 Å². The summed E-state index contributed by atoms with van der Waals surface area (Å²) in [6.07, 6.45) is 0.480. The second-order valence-electron chi connectivity index (χ2n) is 1.16. The number of esters is 1. The zero-order valence-electron chi connectivity index (χ0n) is 5.63. The summed E-state index contributed by atoms with van der Waals surface area (Å²) in [4.78, 5) is 10.2. The quantitative estimate of drug-likeness (QED) is 0.412. The Labute approximate surface area is 54.2 Å². The van der Waals surface area contributed by atoms with Crippen LogP contribution in [-0.2, 0) is 9.53 Å². The summed E-state index contributed by atoms with van der Waals surface area (Å²) in [5, 5.41) is 12.0. The predicted octanol–water partition coefficient (Wildman–Crippen LogP) is 0.990. The third kappa shape index (κ3) is 10.9. The molecule has 0 saturated carbocycles. The Kier molecular flexibility index (Phi) is 12.0. The highest BCUT2D eigenvalue weighted by Crippen LogP contribution is 1.80. The number of carbonyl (C=O) groups excluding carboxylic acids is 1. The summed E-state index contributed by atoms with van der Waals surface area (Å²) in [7, 11) is 0. The first-order chi connectivity index (χ1) is 4.31. The highest BCUT2D eigenvalue weighted by atomic mass is 16.5. The molecule has 0 rings (SSSR count). The van der Waals surface area contributed by atoms with Gasteiger partial charge in [-0.2, -0.15) is 0 Å². The van der Waals surface area contributed by atoms with Crippen LogP contribution < -0.4 is 0 Å². The standard InChI is InChI=1S/C5H10O2.N2/c1-3-5(6)7-4-2;1-2/h3-4H2,1-2H3;. The molecular weight excluding hydrogens is 120 g/mol. The summed E-state index contributed by atoms with van der Waals surface area (Å²) < 4.78 is 4.55. The van der Waals surface area contributed by atoms with E-state index in [4.69, 9.17) is 10.8 Å². The molecule has 0 atom stereocenters. The van der Waals surface area contributed by atoms with Gasteiger partial charge in [-0.25, -0.2) is 0 Å². The van der Waals surface area contributed by atoms with E-state index >= 15 is 0 Å². The zero-order chi connectivity index (χ0) is 7.70. The first-order valence-electron chi connectivity index (χ1n) is 2.66. The molecule has 0 aromatic carbocycles. The van der Waals surface area contributed by atoms with Gasteiger partial charge >= 0.3 is 5.97 Å². The molecule has 0 radical (unpaired) electrons. The van der Waals surface area contributed by atoms with Crippen molar-refractivity contribution >= 4 is 5.97 Å². The molecular formula is C5H10N2O2. The Balaban J connectivity index is 0. The molecule has 0 aliphatic carbocycles. The minimum atomic E-state index is -0.123. The van der Waals surface area contributed by atoms with E-state index < -0.39 is 0 Å². The van der Waals surface area contributed by atoms with Crippen molar-refractivity contribution in [2.45, 2.75) is 20.3 Å². The Morgan fingerprint density at radius 1 is 1.44 bits per heavy atom. The summed E-state index contributed by atoms with van der Waals surface area (Å²) in [5.74, 6) is -0.123. The maximum atomic E-state index is 10.2. The molecule has 0 aromatic rings. The minimum absolute atomic E-state index is 0.123. The van der Waals surface area contributed by atoms with Crippen LogP contribution in [-0.4, -0.2) is 12.6 Å². The maximum absolute atomic E-state index is 10.2. The second-order valence-corrected chi connectivity index (χ2v) is 1.16. The first kappa shape index (κ1) is 10.8. The largest absolute Gasteiger partial charge is 0.466 e. The lowest BCUT2D eigenvalue weighted by atomic mass is 10.5. The topological polar surface area (TPSA) is 73.9 Å². The molecule has 0 bridgehead atoms. The molecule has 0 heterocycles. The summed E-state index contributed by atoms with van der Waals surface area (Å²) in [6, 6.07) is 0. The van der Waals surface area contributed by atoms with Gasteiger partial charge in [-0.3, -0.25) is 4.79 Å². The molecule has 0 N–H and O–H groups in total. The lowest BCUT2D eigenvalue weighted by Crippen LogP contribution is -2.00. The van der Waals surface area contributed by atoms with E-state index in [1.807, 2.05) is 0 Å². The molecule has 0 aliphatic heterocycles. The van der Waals surface area contributed by atoms with Gasteiger partial charge in [0.2, 0.25) is 0 Å². The summed E-state index contributed by atoms with van der Waals surface area (Å²) in [5.41, 5.74) is 0. The van der Waals surface area contributed by atoms with Gasteiger partial charge in [0.15, 0.2) is 0 Å². The van der Waals surface area contributed by atoms with Gasteiger partial charge in [-0.15, -0.1) is 0 Å². The molecule has 9 heavy (non-hydrogen) atoms. The normalized spacial score (nSPS) is 6.67. The molecule has 0 saturated heterocycles. The van der Waals surface area contributed by atoms with Crippen molar-refractivity contribution in [2.75, 3.05) is 6.61 Å². The highest BCUT2D eigenvalue weighted by molar-refractivity contribution is 5.68. The van der Waals surface area contributed by atoms with E-state index in [0.717, 1.165) is 0 Å². The molecule has 0 unspecified atom stereocenters. The van der Waals surface area contributed by atoms with Gasteiger partial charge in [-0.05, 0) is 6.92 Å². The van der Waals surface area contributed by atoms with Crippen LogP contribution in [0.15, 0.2) is 0 Å². The van der Waals surface area contributed by atoms with Crippen molar-refractivity contribution < 1.29 is 9.53 Å². The SMILES string of the molecule is CCOC(=O)CC.N#N. The monoisotopic (exact) mass is 130 g/mol. The predicted molar refractivity (Wildman–Crippen MR) is 30.4 cm³/mol. The average molecular weight is 130 g/mol. The molecule has 0 amide bonds. The van der Waals surface area contributed by atoms with Crippen LogP contribution in [0.4, 0.5) is 0 Å². The molecule has 0 aromatic heterocycles. The van der Waals surface area contributed by atoms with Crippen LogP contribution in [0.3, 0.4) is 0 Å². The van der Waals surface area contributed by atoms with Crippen LogP contribution in [0.2, 0.25) is 0 Å². The van der Waals surface area contributed by atoms with Crippen LogP contribution >= 0.6 is 0 Å². The van der Waals surface area contributed by atoms with Gasteiger partial charge in [0.05, 0.1) is 6.61 Å². The Hall–Kier alpha value is -1.11. The minimum Gasteiger partial charge on any atom is -0.466 e. The van der Waals surface area contributed by atoms with Crippen LogP contribution in [0.5, 0.6) is 0 Å². The van der Waals surface area contributed by atoms with Crippen molar-refractivity contribution in [3.05, 3.63) is 0 Å². The zero-order valence-corrected chi connectivity index (χ0v) is 5.63. The third-order valence-electron chi connectivity index (χ3n) is 0.594. The van der Waals surface area contributed by atoms with Crippen molar-refractivity contribution in [1.29, 1.82) is 10.8 Å². The molecule has 0 aliphatic rings. The summed E-state index contributed by atoms with van der Waals surface area (Å²) >= 11 is 0. The fourth-order valence-corrected chi connectivity index (χ4v) is 0.263. The van der Waals surface area contributed by atoms with Crippen LogP contribution in [0.25, 0.3) is 0 Å². The smallest absolute Gasteiger partial charge is 0.305 e. The van der Waals surface area contributed by atoms with E-state index in [1.165, 1.54) is 0 Å². The van der Waals surface area contributed by atoms with Crippen molar-refractivity contribution in [3.63, 3.8) is 0 Å². The fraction of sp³-hybridized carbons (Fsp3) is 0.800. The van der Waals surface area contributed by atoms with Gasteiger partial charge in [0.25, 0.3) is 0 Å². The fourth-order valence-electron chi connectivity index (χ4n) is 0.263. The first-order valence-corrected chi connectivity index (χ1v) is 2.66. The number of ether oxygens (including phenoxy) is 1. The second kappa shape index (κ2) is 10.00. The molecule has 4 heteroatoms. The molecule has 0 spiro atoms. The number of rotatable bonds is 2. The Bertz CT molecular complexity index is 90.2. The third-order valence-corrected chi connectivity index (χ3v) is 0.594. The van der Waals surface area contributed by atoms with Crippen LogP contribution in [0.1, 0.15) is 20.3 Å². The molecule has 0 fully saturated rings. The van der Waals surface area contributed by atoms with E-state index in [9.17, 15) is 4.79 Å². The maximum Gasteiger partial charge on any atom is 0.305 e. The van der Waals surface area contributed by atoms with Gasteiger partial charge in [0, 0.05) is 17.2 Å². The van der Waals surface area contributed by atoms with Crippen molar-refractivity contribution in [3.8, 4) is 0 Å². The molecule has 52 valence electrons. The van der Waals surface area contributed by atoms with E-state index in [0.29, 0.717) is 13.0 Å². The van der Waals surface area contributed by atoms with Crippen molar-refractivity contribution in [2.24, 2.45) is 0 Å².